The monoisotopic (exact) mass is 186 g/mol. The lowest BCUT2D eigenvalue weighted by Gasteiger charge is -1.96. The van der Waals surface area contributed by atoms with Gasteiger partial charge in [0, 0.05) is 6.08 Å². The summed E-state index contributed by atoms with van der Waals surface area (Å²) in [6.45, 7) is 0. The summed E-state index contributed by atoms with van der Waals surface area (Å²) >= 11 is 0. The first-order valence-corrected chi connectivity index (χ1v) is 4.20. The Hall–Kier alpha value is -2.10. The van der Waals surface area contributed by atoms with Crippen LogP contribution in [0.1, 0.15) is 10.6 Å². The molecule has 1 aromatic carbocycles. The van der Waals surface area contributed by atoms with Gasteiger partial charge in [-0.05, 0) is 12.1 Å². The summed E-state index contributed by atoms with van der Waals surface area (Å²) in [7, 11) is 0. The fourth-order valence-corrected chi connectivity index (χ4v) is 1.65. The standard InChI is InChI=1S/C10H6N2O2/c13-8-5-9-11-6-3-1-2-4-7(6)12(9)10(8)14/h1-5,13H. The number of nitrogens with zero attached hydrogens (tertiary/aromatic N) is 2. The third kappa shape index (κ3) is 0.724. The van der Waals surface area contributed by atoms with E-state index in [-0.39, 0.29) is 5.76 Å². The molecule has 3 rings (SSSR count). The van der Waals surface area contributed by atoms with Crippen LogP contribution in [-0.4, -0.2) is 20.6 Å². The van der Waals surface area contributed by atoms with E-state index in [9.17, 15) is 9.90 Å². The van der Waals surface area contributed by atoms with Crippen molar-refractivity contribution in [2.45, 2.75) is 0 Å². The number of allylic oxidation sites excluding steroid dienone is 1. The Morgan fingerprint density at radius 2 is 2.07 bits per heavy atom. The van der Waals surface area contributed by atoms with E-state index in [0.29, 0.717) is 5.82 Å². The van der Waals surface area contributed by atoms with Gasteiger partial charge in [0.1, 0.15) is 5.82 Å². The van der Waals surface area contributed by atoms with Crippen LogP contribution in [0.4, 0.5) is 0 Å². The molecule has 1 N–H and O–H groups in total. The number of carbonyl (C=O) groups excluding carboxylic acids is 1. The maximum Gasteiger partial charge on any atom is 0.299 e. The van der Waals surface area contributed by atoms with Crippen molar-refractivity contribution in [3.05, 3.63) is 35.8 Å². The zero-order chi connectivity index (χ0) is 9.71. The molecule has 0 saturated heterocycles. The Morgan fingerprint density at radius 1 is 1.29 bits per heavy atom. The van der Waals surface area contributed by atoms with Crippen LogP contribution in [0.15, 0.2) is 30.0 Å². The SMILES string of the molecule is O=C1C(O)=Cc2nc3ccccc3n21. The molecule has 0 saturated carbocycles. The molecule has 4 heteroatoms. The summed E-state index contributed by atoms with van der Waals surface area (Å²) in [4.78, 5) is 15.7. The lowest BCUT2D eigenvalue weighted by molar-refractivity contribution is 0.0914. The average molecular weight is 186 g/mol. The van der Waals surface area contributed by atoms with Crippen molar-refractivity contribution < 1.29 is 9.90 Å². The number of benzene rings is 1. The minimum absolute atomic E-state index is 0.252. The molecule has 0 amide bonds. The van der Waals surface area contributed by atoms with E-state index in [2.05, 4.69) is 4.98 Å². The topological polar surface area (TPSA) is 55.1 Å². The first-order chi connectivity index (χ1) is 6.77. The molecule has 68 valence electrons. The van der Waals surface area contributed by atoms with Gasteiger partial charge in [0.15, 0.2) is 5.76 Å². The van der Waals surface area contributed by atoms with Gasteiger partial charge < -0.3 is 5.11 Å². The summed E-state index contributed by atoms with van der Waals surface area (Å²) in [6.07, 6.45) is 1.38. The van der Waals surface area contributed by atoms with E-state index in [0.717, 1.165) is 11.0 Å². The van der Waals surface area contributed by atoms with E-state index < -0.39 is 5.91 Å². The quantitative estimate of drug-likeness (QED) is 0.679. The summed E-state index contributed by atoms with van der Waals surface area (Å²) in [6, 6.07) is 7.33. The predicted molar refractivity (Wildman–Crippen MR) is 51.0 cm³/mol. The summed E-state index contributed by atoms with van der Waals surface area (Å²) in [5.41, 5.74) is 1.49. The molecule has 0 radical (unpaired) electrons. The fraction of sp³-hybridized carbons (Fsp3) is 0. The minimum Gasteiger partial charge on any atom is -0.503 e. The van der Waals surface area contributed by atoms with Gasteiger partial charge in [-0.15, -0.1) is 0 Å². The van der Waals surface area contributed by atoms with Crippen molar-refractivity contribution in [1.29, 1.82) is 0 Å². The Bertz CT molecular complexity index is 581. The van der Waals surface area contributed by atoms with Gasteiger partial charge in [0.05, 0.1) is 11.0 Å². The van der Waals surface area contributed by atoms with Gasteiger partial charge >= 0.3 is 0 Å². The maximum absolute atomic E-state index is 11.5. The molecule has 0 bridgehead atoms. The first-order valence-electron chi connectivity index (χ1n) is 4.20. The second-order valence-corrected chi connectivity index (χ2v) is 3.13. The minimum atomic E-state index is -0.409. The molecule has 1 aliphatic heterocycles. The first kappa shape index (κ1) is 7.32. The Balaban J connectivity index is 2.45. The number of imidazole rings is 1. The van der Waals surface area contributed by atoms with Gasteiger partial charge in [0.2, 0.25) is 0 Å². The van der Waals surface area contributed by atoms with Gasteiger partial charge in [-0.1, -0.05) is 12.1 Å². The Labute approximate surface area is 79.1 Å². The van der Waals surface area contributed by atoms with Crippen molar-refractivity contribution >= 4 is 23.0 Å². The zero-order valence-corrected chi connectivity index (χ0v) is 7.14. The molecule has 0 spiro atoms. The van der Waals surface area contributed by atoms with E-state index in [4.69, 9.17) is 0 Å². The third-order valence-electron chi connectivity index (χ3n) is 2.27. The van der Waals surface area contributed by atoms with Crippen LogP contribution in [0.3, 0.4) is 0 Å². The molecule has 0 fully saturated rings. The van der Waals surface area contributed by atoms with Crippen molar-refractivity contribution in [3.63, 3.8) is 0 Å². The number of rotatable bonds is 0. The highest BCUT2D eigenvalue weighted by Gasteiger charge is 2.24. The number of carbonyl (C=O) groups is 1. The third-order valence-corrected chi connectivity index (χ3v) is 2.27. The summed E-state index contributed by atoms with van der Waals surface area (Å²) in [5, 5.41) is 9.22. The Morgan fingerprint density at radius 3 is 2.93 bits per heavy atom. The largest absolute Gasteiger partial charge is 0.503 e. The highest BCUT2D eigenvalue weighted by molar-refractivity contribution is 6.07. The summed E-state index contributed by atoms with van der Waals surface area (Å²) < 4.78 is 1.41. The zero-order valence-electron chi connectivity index (χ0n) is 7.14. The fourth-order valence-electron chi connectivity index (χ4n) is 1.65. The highest BCUT2D eigenvalue weighted by Crippen LogP contribution is 2.23. The Kier molecular flexibility index (Phi) is 1.16. The number of aliphatic hydroxyl groups excluding tert-OH is 1. The van der Waals surface area contributed by atoms with Crippen LogP contribution in [0.2, 0.25) is 0 Å². The van der Waals surface area contributed by atoms with Gasteiger partial charge in [0.25, 0.3) is 5.91 Å². The van der Waals surface area contributed by atoms with E-state index in [1.165, 1.54) is 10.6 Å². The highest BCUT2D eigenvalue weighted by atomic mass is 16.3. The summed E-state index contributed by atoms with van der Waals surface area (Å²) in [5.74, 6) is -0.166. The van der Waals surface area contributed by atoms with E-state index in [1.54, 1.807) is 6.07 Å². The molecule has 2 heterocycles. The van der Waals surface area contributed by atoms with Crippen molar-refractivity contribution in [2.24, 2.45) is 0 Å². The molecule has 14 heavy (non-hydrogen) atoms. The van der Waals surface area contributed by atoms with Crippen LogP contribution < -0.4 is 0 Å². The van der Waals surface area contributed by atoms with E-state index >= 15 is 0 Å². The van der Waals surface area contributed by atoms with Gasteiger partial charge in [-0.2, -0.15) is 0 Å². The lowest BCUT2D eigenvalue weighted by Crippen LogP contribution is -2.07. The van der Waals surface area contributed by atoms with Crippen LogP contribution in [0.25, 0.3) is 17.1 Å². The van der Waals surface area contributed by atoms with Crippen LogP contribution in [-0.2, 0) is 0 Å². The maximum atomic E-state index is 11.5. The lowest BCUT2D eigenvalue weighted by atomic mass is 10.3. The predicted octanol–water partition coefficient (Wildman–Crippen LogP) is 1.59. The van der Waals surface area contributed by atoms with Crippen LogP contribution in [0.5, 0.6) is 0 Å². The van der Waals surface area contributed by atoms with Crippen molar-refractivity contribution in [2.75, 3.05) is 0 Å². The van der Waals surface area contributed by atoms with Crippen LogP contribution in [0, 0.1) is 0 Å². The van der Waals surface area contributed by atoms with E-state index in [1.807, 2.05) is 18.2 Å². The number of aliphatic hydroxyl groups is 1. The molecule has 4 nitrogen and oxygen atoms in total. The average Bonchev–Trinajstić information content (AvgIpc) is 2.65. The second-order valence-electron chi connectivity index (χ2n) is 3.13. The molecule has 2 aromatic rings. The van der Waals surface area contributed by atoms with Crippen molar-refractivity contribution in [1.82, 2.24) is 9.55 Å². The number of para-hydroxylation sites is 2. The molecule has 1 aliphatic rings. The van der Waals surface area contributed by atoms with Gasteiger partial charge in [-0.3, -0.25) is 9.36 Å². The molecular formula is C10H6N2O2. The molecular weight excluding hydrogens is 180 g/mol. The second kappa shape index (κ2) is 2.23. The normalized spacial score (nSPS) is 14.6. The number of fused-ring (bicyclic) bond motifs is 3. The number of aromatic nitrogens is 2. The number of hydrogen-bond acceptors (Lipinski definition) is 3. The molecule has 0 unspecified atom stereocenters. The molecule has 1 aromatic heterocycles. The number of hydrogen-bond donors (Lipinski definition) is 1. The van der Waals surface area contributed by atoms with Crippen LogP contribution >= 0.6 is 0 Å². The smallest absolute Gasteiger partial charge is 0.299 e. The molecule has 0 aliphatic carbocycles. The van der Waals surface area contributed by atoms with Gasteiger partial charge in [-0.25, -0.2) is 4.98 Å². The van der Waals surface area contributed by atoms with Crippen molar-refractivity contribution in [3.8, 4) is 0 Å². The molecule has 0 atom stereocenters.